The monoisotopic (exact) mass is 585 g/mol. The van der Waals surface area contributed by atoms with E-state index in [-0.39, 0.29) is 48.0 Å². The zero-order valence-corrected chi connectivity index (χ0v) is 23.3. The summed E-state index contributed by atoms with van der Waals surface area (Å²) < 4.78 is 24.5. The molecule has 216 valence electrons. The third-order valence-corrected chi connectivity index (χ3v) is 6.28. The Balaban J connectivity index is 0.00000462. The highest BCUT2D eigenvalue weighted by atomic mass is 35.5. The van der Waals surface area contributed by atoms with Crippen LogP contribution >= 0.6 is 12.4 Å². The minimum Gasteiger partial charge on any atom is -0.488 e. The standard InChI is InChI=1S/C27H28FN7O5.ClH/c1-35(2)26(38)17-5-7-22(33-25(17)39-3)34-27-31-11-8-19(32-27)15-4-6-20(16(12-15)13-29)40-21-9-10-30-14-18(21)23(36)24(28)37;/h4-8,11-12,18,21,24,30,37H,9-10,14H2,1-3H3,(H,31,32,33,34);1H/t18-,21+,24-;/m1./s1. The lowest BCUT2D eigenvalue weighted by Crippen LogP contribution is -2.48. The topological polar surface area (TPSA) is 163 Å². The summed E-state index contributed by atoms with van der Waals surface area (Å²) in [5.41, 5.74) is 1.61. The van der Waals surface area contributed by atoms with Gasteiger partial charge in [0.15, 0.2) is 0 Å². The van der Waals surface area contributed by atoms with Crippen LogP contribution in [0, 0.1) is 17.2 Å². The Morgan fingerprint density at radius 1 is 1.24 bits per heavy atom. The molecule has 41 heavy (non-hydrogen) atoms. The minimum atomic E-state index is -2.59. The Hall–Kier alpha value is -4.38. The molecule has 1 saturated heterocycles. The van der Waals surface area contributed by atoms with Gasteiger partial charge in [-0.1, -0.05) is 0 Å². The second kappa shape index (κ2) is 13.8. The number of hydrogen-bond acceptors (Lipinski definition) is 11. The van der Waals surface area contributed by atoms with Crippen LogP contribution in [-0.4, -0.2) is 83.4 Å². The zero-order valence-electron chi connectivity index (χ0n) is 22.5. The molecule has 0 saturated carbocycles. The molecule has 3 heterocycles. The van der Waals surface area contributed by atoms with Gasteiger partial charge in [-0.25, -0.2) is 14.4 Å². The fourth-order valence-corrected chi connectivity index (χ4v) is 4.24. The van der Waals surface area contributed by atoms with Crippen molar-refractivity contribution in [3.8, 4) is 29.0 Å². The summed E-state index contributed by atoms with van der Waals surface area (Å²) >= 11 is 0. The van der Waals surface area contributed by atoms with Gasteiger partial charge in [-0.2, -0.15) is 10.2 Å². The van der Waals surface area contributed by atoms with Crippen LogP contribution in [0.2, 0.25) is 0 Å². The first-order valence-corrected chi connectivity index (χ1v) is 12.4. The Morgan fingerprint density at radius 2 is 2.02 bits per heavy atom. The fraction of sp³-hybridized carbons (Fsp3) is 0.333. The number of alkyl halides is 1. The second-order valence-corrected chi connectivity index (χ2v) is 9.16. The molecule has 3 N–H and O–H groups in total. The number of amides is 1. The van der Waals surface area contributed by atoms with Gasteiger partial charge in [0.05, 0.1) is 24.3 Å². The molecule has 1 aromatic carbocycles. The maximum atomic E-state index is 13.3. The van der Waals surface area contributed by atoms with Crippen molar-refractivity contribution in [2.24, 2.45) is 5.92 Å². The van der Waals surface area contributed by atoms with Crippen LogP contribution in [0.4, 0.5) is 16.2 Å². The van der Waals surface area contributed by atoms with Crippen LogP contribution < -0.4 is 20.1 Å². The third-order valence-electron chi connectivity index (χ3n) is 6.28. The van der Waals surface area contributed by atoms with Gasteiger partial charge in [0, 0.05) is 32.4 Å². The van der Waals surface area contributed by atoms with E-state index in [0.717, 1.165) is 0 Å². The van der Waals surface area contributed by atoms with E-state index in [2.05, 4.69) is 31.7 Å². The average molecular weight is 586 g/mol. The number of aliphatic hydroxyl groups excluding tert-OH is 1. The van der Waals surface area contributed by atoms with E-state index >= 15 is 0 Å². The molecule has 0 spiro atoms. The average Bonchev–Trinajstić information content (AvgIpc) is 2.96. The highest BCUT2D eigenvalue weighted by Gasteiger charge is 2.36. The summed E-state index contributed by atoms with van der Waals surface area (Å²) in [5.74, 6) is -1.14. The number of nitrogens with zero attached hydrogens (tertiary/aromatic N) is 5. The number of ketones is 1. The van der Waals surface area contributed by atoms with Crippen molar-refractivity contribution in [3.63, 3.8) is 0 Å². The van der Waals surface area contributed by atoms with Crippen LogP contribution in [0.15, 0.2) is 42.6 Å². The molecule has 0 bridgehead atoms. The first-order chi connectivity index (χ1) is 19.2. The number of nitrogens with one attached hydrogen (secondary N) is 2. The van der Waals surface area contributed by atoms with Crippen LogP contribution in [0.5, 0.6) is 11.6 Å². The van der Waals surface area contributed by atoms with E-state index in [1.165, 1.54) is 18.2 Å². The predicted octanol–water partition coefficient (Wildman–Crippen LogP) is 2.50. The van der Waals surface area contributed by atoms with Gasteiger partial charge in [-0.15, -0.1) is 12.4 Å². The SMILES string of the molecule is COc1nc(Nc2nccc(-c3ccc(O[C@H]4CCNC[C@H]4C(=O)[C@@H](O)F)c(C#N)c3)n2)ccc1C(=O)N(C)C.Cl. The summed E-state index contributed by atoms with van der Waals surface area (Å²) in [6, 6.07) is 11.8. The van der Waals surface area contributed by atoms with Gasteiger partial charge in [-0.3, -0.25) is 9.59 Å². The number of anilines is 2. The zero-order chi connectivity index (χ0) is 28.8. The number of aliphatic hydroxyl groups is 1. The number of benzene rings is 1. The smallest absolute Gasteiger partial charge is 0.258 e. The fourth-order valence-electron chi connectivity index (χ4n) is 4.24. The number of nitriles is 1. The van der Waals surface area contributed by atoms with Gasteiger partial charge in [0.1, 0.15) is 29.3 Å². The van der Waals surface area contributed by atoms with Crippen LogP contribution in [0.3, 0.4) is 0 Å². The van der Waals surface area contributed by atoms with Crippen molar-refractivity contribution >= 4 is 35.9 Å². The number of piperidine rings is 1. The quantitative estimate of drug-likeness (QED) is 0.338. The molecule has 1 amide bonds. The number of pyridine rings is 1. The third kappa shape index (κ3) is 7.23. The summed E-state index contributed by atoms with van der Waals surface area (Å²) in [6.45, 7) is 0.708. The van der Waals surface area contributed by atoms with E-state index in [1.54, 1.807) is 50.5 Å². The van der Waals surface area contributed by atoms with E-state index < -0.39 is 24.2 Å². The van der Waals surface area contributed by atoms with Crippen LogP contribution in [0.25, 0.3) is 11.3 Å². The molecule has 3 aromatic rings. The van der Waals surface area contributed by atoms with Crippen molar-refractivity contribution in [3.05, 3.63) is 53.7 Å². The molecular weight excluding hydrogens is 557 g/mol. The van der Waals surface area contributed by atoms with E-state index in [9.17, 15) is 19.2 Å². The Morgan fingerprint density at radius 3 is 2.71 bits per heavy atom. The Kier molecular flexibility index (Phi) is 10.5. The summed E-state index contributed by atoms with van der Waals surface area (Å²) in [4.78, 5) is 38.9. The largest absolute Gasteiger partial charge is 0.488 e. The first kappa shape index (κ1) is 31.2. The molecule has 0 radical (unpaired) electrons. The molecular formula is C27H29ClFN7O5. The maximum absolute atomic E-state index is 13.3. The van der Waals surface area contributed by atoms with Gasteiger partial charge in [0.25, 0.3) is 12.3 Å². The Labute approximate surface area is 241 Å². The summed E-state index contributed by atoms with van der Waals surface area (Å²) in [6.07, 6.45) is -1.35. The number of halogens is 2. The van der Waals surface area contributed by atoms with E-state index in [4.69, 9.17) is 14.6 Å². The first-order valence-electron chi connectivity index (χ1n) is 12.4. The highest BCUT2D eigenvalue weighted by molar-refractivity contribution is 5.96. The van der Waals surface area contributed by atoms with E-state index in [0.29, 0.717) is 35.6 Å². The normalized spacial score (nSPS) is 16.9. The highest BCUT2D eigenvalue weighted by Crippen LogP contribution is 2.29. The molecule has 0 aliphatic carbocycles. The predicted molar refractivity (Wildman–Crippen MR) is 149 cm³/mol. The molecule has 12 nitrogen and oxygen atoms in total. The van der Waals surface area contributed by atoms with Gasteiger partial charge in [-0.05, 0) is 49.4 Å². The number of carbonyl (C=O) groups is 2. The number of hydrogen-bond donors (Lipinski definition) is 3. The molecule has 1 aliphatic rings. The number of Topliss-reactive ketones (excluding diaryl/α,β-unsaturated/α-hetero) is 1. The molecule has 14 heteroatoms. The number of rotatable bonds is 9. The lowest BCUT2D eigenvalue weighted by molar-refractivity contribution is -0.143. The molecule has 2 aromatic heterocycles. The molecule has 3 atom stereocenters. The summed E-state index contributed by atoms with van der Waals surface area (Å²) in [7, 11) is 4.68. The lowest BCUT2D eigenvalue weighted by Gasteiger charge is -2.31. The van der Waals surface area contributed by atoms with E-state index in [1.807, 2.05) is 0 Å². The van der Waals surface area contributed by atoms with Crippen LogP contribution in [0.1, 0.15) is 22.3 Å². The number of aromatic nitrogens is 3. The number of carbonyl (C=O) groups excluding carboxylic acids is 2. The molecule has 1 fully saturated rings. The van der Waals surface area contributed by atoms with Crippen molar-refractivity contribution in [2.75, 3.05) is 39.6 Å². The number of ether oxygens (including phenoxy) is 2. The second-order valence-electron chi connectivity index (χ2n) is 9.16. The Bertz CT molecular complexity index is 1450. The minimum absolute atomic E-state index is 0. The van der Waals surface area contributed by atoms with Gasteiger partial charge in [0.2, 0.25) is 17.6 Å². The van der Waals surface area contributed by atoms with Crippen molar-refractivity contribution < 1.29 is 28.6 Å². The molecule has 1 aliphatic heterocycles. The van der Waals surface area contributed by atoms with Crippen molar-refractivity contribution in [1.29, 1.82) is 5.26 Å². The molecule has 0 unspecified atom stereocenters. The maximum Gasteiger partial charge on any atom is 0.258 e. The lowest BCUT2D eigenvalue weighted by atomic mass is 9.91. The van der Waals surface area contributed by atoms with Crippen molar-refractivity contribution in [2.45, 2.75) is 18.9 Å². The van der Waals surface area contributed by atoms with Crippen molar-refractivity contribution in [1.82, 2.24) is 25.2 Å². The molecule has 4 rings (SSSR count). The number of methoxy groups -OCH3 is 1. The van der Waals surface area contributed by atoms with Crippen LogP contribution in [-0.2, 0) is 4.79 Å². The summed E-state index contributed by atoms with van der Waals surface area (Å²) in [5, 5.41) is 24.9. The van der Waals surface area contributed by atoms with Gasteiger partial charge < -0.3 is 30.1 Å². The van der Waals surface area contributed by atoms with Gasteiger partial charge >= 0.3 is 0 Å².